The van der Waals surface area contributed by atoms with E-state index in [9.17, 15) is 0 Å². The normalized spacial score (nSPS) is 25.8. The molecule has 1 saturated heterocycles. The lowest BCUT2D eigenvalue weighted by Crippen LogP contribution is -2.40. The first-order valence-corrected chi connectivity index (χ1v) is 8.49. The van der Waals surface area contributed by atoms with Gasteiger partial charge in [0.2, 0.25) is 0 Å². The molecule has 2 unspecified atom stereocenters. The molecule has 1 fully saturated rings. The summed E-state index contributed by atoms with van der Waals surface area (Å²) in [4.78, 5) is 2.57. The summed E-state index contributed by atoms with van der Waals surface area (Å²) in [6.07, 6.45) is 4.01. The fourth-order valence-corrected chi connectivity index (χ4v) is 3.64. The lowest BCUT2D eigenvalue weighted by molar-refractivity contribution is 0.0131. The molecule has 21 heavy (non-hydrogen) atoms. The van der Waals surface area contributed by atoms with Gasteiger partial charge in [-0.15, -0.1) is 0 Å². The minimum atomic E-state index is 0.256. The molecule has 1 N–H and O–H groups in total. The highest BCUT2D eigenvalue weighted by Crippen LogP contribution is 2.28. The van der Waals surface area contributed by atoms with Crippen molar-refractivity contribution < 1.29 is 4.74 Å². The molecule has 2 aliphatic heterocycles. The maximum Gasteiger partial charge on any atom is 0.0954 e. The maximum absolute atomic E-state index is 6.07. The van der Waals surface area contributed by atoms with Gasteiger partial charge in [-0.25, -0.2) is 0 Å². The predicted molar refractivity (Wildman–Crippen MR) is 86.5 cm³/mol. The molecule has 1 aromatic rings. The molecule has 0 saturated carbocycles. The number of piperidine rings is 1. The SMILES string of the molecule is CCN(CC1CCCNC1)CC1OCCc2ccccc21. The van der Waals surface area contributed by atoms with Gasteiger partial charge < -0.3 is 15.0 Å². The van der Waals surface area contributed by atoms with E-state index in [2.05, 4.69) is 41.4 Å². The topological polar surface area (TPSA) is 24.5 Å². The third kappa shape index (κ3) is 3.85. The van der Waals surface area contributed by atoms with Crippen LogP contribution in [0.15, 0.2) is 24.3 Å². The van der Waals surface area contributed by atoms with Crippen molar-refractivity contribution in [1.29, 1.82) is 0 Å². The van der Waals surface area contributed by atoms with Crippen molar-refractivity contribution in [1.82, 2.24) is 10.2 Å². The van der Waals surface area contributed by atoms with Crippen LogP contribution in [-0.2, 0) is 11.2 Å². The number of benzene rings is 1. The lowest BCUT2D eigenvalue weighted by atomic mass is 9.96. The number of likely N-dealkylation sites (N-methyl/N-ethyl adjacent to an activating group) is 1. The molecule has 3 nitrogen and oxygen atoms in total. The fourth-order valence-electron chi connectivity index (χ4n) is 3.64. The molecule has 2 aliphatic rings. The molecule has 116 valence electrons. The standard InChI is InChI=1S/C18H28N2O/c1-2-20(13-15-6-5-10-19-12-15)14-18-17-8-4-3-7-16(17)9-11-21-18/h3-4,7-8,15,18-19H,2,5-6,9-14H2,1H3. The Morgan fingerprint density at radius 1 is 1.29 bits per heavy atom. The smallest absolute Gasteiger partial charge is 0.0954 e. The zero-order chi connectivity index (χ0) is 14.5. The van der Waals surface area contributed by atoms with Gasteiger partial charge in [-0.1, -0.05) is 31.2 Å². The molecule has 0 aliphatic carbocycles. The predicted octanol–water partition coefficient (Wildman–Crippen LogP) is 2.62. The van der Waals surface area contributed by atoms with Gasteiger partial charge >= 0.3 is 0 Å². The fraction of sp³-hybridized carbons (Fsp3) is 0.667. The molecule has 1 aromatic carbocycles. The first kappa shape index (κ1) is 15.0. The number of rotatable bonds is 5. The quantitative estimate of drug-likeness (QED) is 0.901. The second-order valence-corrected chi connectivity index (χ2v) is 6.37. The Kier molecular flexibility index (Phi) is 5.28. The van der Waals surface area contributed by atoms with Gasteiger partial charge in [-0.2, -0.15) is 0 Å². The zero-order valence-corrected chi connectivity index (χ0v) is 13.2. The van der Waals surface area contributed by atoms with Crippen LogP contribution >= 0.6 is 0 Å². The minimum absolute atomic E-state index is 0.256. The van der Waals surface area contributed by atoms with Crippen LogP contribution in [0, 0.1) is 5.92 Å². The average molecular weight is 288 g/mol. The van der Waals surface area contributed by atoms with Crippen molar-refractivity contribution in [3.8, 4) is 0 Å². The Labute approximate surface area is 128 Å². The average Bonchev–Trinajstić information content (AvgIpc) is 2.55. The summed E-state index contributed by atoms with van der Waals surface area (Å²) in [7, 11) is 0. The van der Waals surface area contributed by atoms with E-state index in [4.69, 9.17) is 4.74 Å². The highest BCUT2D eigenvalue weighted by molar-refractivity contribution is 5.31. The van der Waals surface area contributed by atoms with Crippen LogP contribution < -0.4 is 5.32 Å². The third-order valence-electron chi connectivity index (χ3n) is 4.88. The van der Waals surface area contributed by atoms with E-state index in [-0.39, 0.29) is 6.10 Å². The van der Waals surface area contributed by atoms with Crippen LogP contribution in [0.4, 0.5) is 0 Å². The molecule has 3 heteroatoms. The summed E-state index contributed by atoms with van der Waals surface area (Å²) in [5, 5.41) is 3.53. The van der Waals surface area contributed by atoms with Crippen molar-refractivity contribution in [2.24, 2.45) is 5.92 Å². The van der Waals surface area contributed by atoms with Gasteiger partial charge in [0.15, 0.2) is 0 Å². The van der Waals surface area contributed by atoms with Crippen LogP contribution in [0.1, 0.15) is 37.0 Å². The Morgan fingerprint density at radius 3 is 3.00 bits per heavy atom. The Bertz CT molecular complexity index is 443. The largest absolute Gasteiger partial charge is 0.372 e. The summed E-state index contributed by atoms with van der Waals surface area (Å²) in [5.41, 5.74) is 2.88. The Hall–Kier alpha value is -0.900. The van der Waals surface area contributed by atoms with Crippen molar-refractivity contribution in [2.75, 3.05) is 39.3 Å². The summed E-state index contributed by atoms with van der Waals surface area (Å²) in [6, 6.07) is 8.79. The molecule has 0 radical (unpaired) electrons. The minimum Gasteiger partial charge on any atom is -0.372 e. The van der Waals surface area contributed by atoms with Crippen molar-refractivity contribution in [2.45, 2.75) is 32.3 Å². The van der Waals surface area contributed by atoms with E-state index >= 15 is 0 Å². The lowest BCUT2D eigenvalue weighted by Gasteiger charge is -2.34. The summed E-state index contributed by atoms with van der Waals surface area (Å²) < 4.78 is 6.07. The summed E-state index contributed by atoms with van der Waals surface area (Å²) >= 11 is 0. The van der Waals surface area contributed by atoms with Gasteiger partial charge in [0, 0.05) is 13.1 Å². The molecular formula is C18H28N2O. The highest BCUT2D eigenvalue weighted by Gasteiger charge is 2.24. The molecule has 2 atom stereocenters. The van der Waals surface area contributed by atoms with Crippen molar-refractivity contribution >= 4 is 0 Å². The van der Waals surface area contributed by atoms with Gasteiger partial charge in [-0.3, -0.25) is 0 Å². The second kappa shape index (κ2) is 7.39. The molecular weight excluding hydrogens is 260 g/mol. The summed E-state index contributed by atoms with van der Waals surface area (Å²) in [6.45, 7) is 8.85. The molecule has 3 rings (SSSR count). The monoisotopic (exact) mass is 288 g/mol. The van der Waals surface area contributed by atoms with Gasteiger partial charge in [-0.05, 0) is 55.9 Å². The number of nitrogens with one attached hydrogen (secondary N) is 1. The van der Waals surface area contributed by atoms with Crippen LogP contribution in [0.25, 0.3) is 0 Å². The van der Waals surface area contributed by atoms with E-state index in [0.717, 1.165) is 32.0 Å². The van der Waals surface area contributed by atoms with Crippen LogP contribution in [-0.4, -0.2) is 44.2 Å². The van der Waals surface area contributed by atoms with Crippen LogP contribution in [0.2, 0.25) is 0 Å². The number of ether oxygens (including phenoxy) is 1. The van der Waals surface area contributed by atoms with Crippen molar-refractivity contribution in [3.63, 3.8) is 0 Å². The second-order valence-electron chi connectivity index (χ2n) is 6.37. The van der Waals surface area contributed by atoms with Gasteiger partial charge in [0.1, 0.15) is 0 Å². The van der Waals surface area contributed by atoms with E-state index in [1.54, 1.807) is 0 Å². The number of nitrogens with zero attached hydrogens (tertiary/aromatic N) is 1. The highest BCUT2D eigenvalue weighted by atomic mass is 16.5. The number of hydrogen-bond acceptors (Lipinski definition) is 3. The van der Waals surface area contributed by atoms with Crippen molar-refractivity contribution in [3.05, 3.63) is 35.4 Å². The van der Waals surface area contributed by atoms with E-state index in [0.29, 0.717) is 0 Å². The third-order valence-corrected chi connectivity index (χ3v) is 4.88. The first-order chi connectivity index (χ1) is 10.4. The van der Waals surface area contributed by atoms with Gasteiger partial charge in [0.05, 0.1) is 12.7 Å². The number of hydrogen-bond donors (Lipinski definition) is 1. The Morgan fingerprint density at radius 2 is 2.19 bits per heavy atom. The zero-order valence-electron chi connectivity index (χ0n) is 13.2. The molecule has 0 amide bonds. The van der Waals surface area contributed by atoms with Crippen LogP contribution in [0.3, 0.4) is 0 Å². The van der Waals surface area contributed by atoms with E-state index < -0.39 is 0 Å². The molecule has 2 heterocycles. The molecule has 0 spiro atoms. The molecule has 0 bridgehead atoms. The summed E-state index contributed by atoms with van der Waals surface area (Å²) in [5.74, 6) is 0.803. The van der Waals surface area contributed by atoms with Gasteiger partial charge in [0.25, 0.3) is 0 Å². The van der Waals surface area contributed by atoms with E-state index in [1.807, 2.05) is 0 Å². The molecule has 0 aromatic heterocycles. The maximum atomic E-state index is 6.07. The van der Waals surface area contributed by atoms with E-state index in [1.165, 1.54) is 43.6 Å². The Balaban J connectivity index is 1.61. The number of fused-ring (bicyclic) bond motifs is 1. The van der Waals surface area contributed by atoms with Crippen LogP contribution in [0.5, 0.6) is 0 Å². The first-order valence-electron chi connectivity index (χ1n) is 8.49.